The molecule has 0 atom stereocenters. The van der Waals surface area contributed by atoms with Gasteiger partial charge in [-0.3, -0.25) is 0 Å². The molecular weight excluding hydrogens is 421 g/mol. The number of benzene rings is 1. The van der Waals surface area contributed by atoms with Crippen molar-refractivity contribution in [2.75, 3.05) is 48.0 Å². The molecular formula is C21H27Cl2N7. The summed E-state index contributed by atoms with van der Waals surface area (Å²) in [6.07, 6.45) is 8.90. The lowest BCUT2D eigenvalue weighted by Crippen LogP contribution is -2.35. The predicted octanol–water partition coefficient (Wildman–Crippen LogP) is 4.63. The van der Waals surface area contributed by atoms with E-state index in [0.717, 1.165) is 43.6 Å². The summed E-state index contributed by atoms with van der Waals surface area (Å²) in [5.41, 5.74) is 0.787. The van der Waals surface area contributed by atoms with Crippen LogP contribution in [0.15, 0.2) is 23.3 Å². The first-order valence-corrected chi connectivity index (χ1v) is 11.3. The van der Waals surface area contributed by atoms with Gasteiger partial charge in [0.2, 0.25) is 11.9 Å². The minimum atomic E-state index is 0.535. The molecule has 2 saturated heterocycles. The summed E-state index contributed by atoms with van der Waals surface area (Å²) in [6.45, 7) is 3.93. The maximum atomic E-state index is 6.26. The van der Waals surface area contributed by atoms with Crippen LogP contribution in [-0.4, -0.2) is 54.4 Å². The fraction of sp³-hybridized carbons (Fsp3) is 0.524. The van der Waals surface area contributed by atoms with Crippen LogP contribution < -0.4 is 14.8 Å². The summed E-state index contributed by atoms with van der Waals surface area (Å²) in [7, 11) is 1.84. The van der Waals surface area contributed by atoms with Gasteiger partial charge in [-0.25, -0.2) is 5.01 Å². The van der Waals surface area contributed by atoms with Crippen molar-refractivity contribution in [1.29, 1.82) is 0 Å². The van der Waals surface area contributed by atoms with Crippen molar-refractivity contribution in [1.82, 2.24) is 15.0 Å². The van der Waals surface area contributed by atoms with Crippen molar-refractivity contribution in [3.05, 3.63) is 33.8 Å². The van der Waals surface area contributed by atoms with E-state index < -0.39 is 0 Å². The lowest BCUT2D eigenvalue weighted by atomic mass is 10.1. The van der Waals surface area contributed by atoms with Gasteiger partial charge in [0.15, 0.2) is 0 Å². The van der Waals surface area contributed by atoms with Crippen LogP contribution in [-0.2, 0) is 0 Å². The van der Waals surface area contributed by atoms with Crippen LogP contribution in [0.5, 0.6) is 0 Å². The van der Waals surface area contributed by atoms with Crippen molar-refractivity contribution in [3.63, 3.8) is 0 Å². The zero-order chi connectivity index (χ0) is 20.9. The minimum absolute atomic E-state index is 0.535. The van der Waals surface area contributed by atoms with E-state index in [1.54, 1.807) is 23.4 Å². The van der Waals surface area contributed by atoms with Crippen LogP contribution in [0.3, 0.4) is 0 Å². The number of piperidine rings is 2. The normalized spacial score (nSPS) is 17.6. The highest BCUT2D eigenvalue weighted by molar-refractivity contribution is 6.36. The molecule has 9 heteroatoms. The van der Waals surface area contributed by atoms with Gasteiger partial charge in [-0.15, -0.1) is 0 Å². The van der Waals surface area contributed by atoms with Gasteiger partial charge in [0, 0.05) is 43.8 Å². The molecule has 4 rings (SSSR count). The maximum absolute atomic E-state index is 6.26. The van der Waals surface area contributed by atoms with Gasteiger partial charge < -0.3 is 9.80 Å². The van der Waals surface area contributed by atoms with Gasteiger partial charge in [-0.2, -0.15) is 20.1 Å². The van der Waals surface area contributed by atoms with E-state index in [0.29, 0.717) is 16.0 Å². The third kappa shape index (κ3) is 5.13. The van der Waals surface area contributed by atoms with Gasteiger partial charge >= 0.3 is 0 Å². The smallest absolute Gasteiger partial charge is 0.252 e. The molecule has 2 aliphatic heterocycles. The van der Waals surface area contributed by atoms with E-state index in [9.17, 15) is 0 Å². The molecule has 0 unspecified atom stereocenters. The van der Waals surface area contributed by atoms with E-state index in [-0.39, 0.29) is 0 Å². The summed E-state index contributed by atoms with van der Waals surface area (Å²) < 4.78 is 0. The number of hydrogen-bond donors (Lipinski definition) is 0. The van der Waals surface area contributed by atoms with Crippen LogP contribution in [0.4, 0.5) is 17.8 Å². The molecule has 0 N–H and O–H groups in total. The van der Waals surface area contributed by atoms with Crippen LogP contribution in [0, 0.1) is 0 Å². The van der Waals surface area contributed by atoms with Crippen molar-refractivity contribution in [2.45, 2.75) is 38.5 Å². The Morgan fingerprint density at radius 1 is 0.867 bits per heavy atom. The molecule has 0 bridgehead atoms. The molecule has 2 fully saturated rings. The highest BCUT2D eigenvalue weighted by Gasteiger charge is 2.21. The first-order valence-electron chi connectivity index (χ1n) is 10.6. The predicted molar refractivity (Wildman–Crippen MR) is 124 cm³/mol. The molecule has 160 valence electrons. The Balaban J connectivity index is 1.61. The second-order valence-corrected chi connectivity index (χ2v) is 8.61. The number of hydrogen-bond acceptors (Lipinski definition) is 7. The van der Waals surface area contributed by atoms with Crippen LogP contribution in [0.25, 0.3) is 0 Å². The number of hydrazone groups is 1. The fourth-order valence-corrected chi connectivity index (χ4v) is 4.22. The Bertz CT molecular complexity index is 857. The van der Waals surface area contributed by atoms with Crippen molar-refractivity contribution >= 4 is 47.3 Å². The number of anilines is 3. The third-order valence-corrected chi connectivity index (χ3v) is 6.06. The summed E-state index contributed by atoms with van der Waals surface area (Å²) in [5.74, 6) is 2.02. The van der Waals surface area contributed by atoms with Crippen molar-refractivity contribution in [2.24, 2.45) is 5.10 Å². The molecule has 0 saturated carbocycles. The van der Waals surface area contributed by atoms with E-state index in [1.165, 1.54) is 38.5 Å². The third-order valence-electron chi connectivity index (χ3n) is 5.50. The van der Waals surface area contributed by atoms with Crippen LogP contribution >= 0.6 is 23.2 Å². The Morgan fingerprint density at radius 3 is 1.97 bits per heavy atom. The molecule has 0 amide bonds. The molecule has 0 aliphatic carbocycles. The van der Waals surface area contributed by atoms with E-state index in [2.05, 4.69) is 14.9 Å². The van der Waals surface area contributed by atoms with Gasteiger partial charge in [-0.05, 0) is 50.7 Å². The zero-order valence-corrected chi connectivity index (χ0v) is 18.8. The largest absolute Gasteiger partial charge is 0.341 e. The number of halogens is 2. The highest BCUT2D eigenvalue weighted by Crippen LogP contribution is 2.24. The van der Waals surface area contributed by atoms with Gasteiger partial charge in [0.25, 0.3) is 5.95 Å². The Kier molecular flexibility index (Phi) is 6.89. The molecule has 0 spiro atoms. The second-order valence-electron chi connectivity index (χ2n) is 7.76. The monoisotopic (exact) mass is 447 g/mol. The number of nitrogens with zero attached hydrogens (tertiary/aromatic N) is 7. The Morgan fingerprint density at radius 2 is 1.43 bits per heavy atom. The van der Waals surface area contributed by atoms with Crippen LogP contribution in [0.1, 0.15) is 44.1 Å². The topological polar surface area (TPSA) is 60.8 Å². The van der Waals surface area contributed by atoms with Gasteiger partial charge in [0.05, 0.1) is 11.2 Å². The van der Waals surface area contributed by atoms with Crippen molar-refractivity contribution in [3.8, 4) is 0 Å². The quantitative estimate of drug-likeness (QED) is 0.491. The molecule has 3 heterocycles. The molecule has 2 aromatic rings. The SMILES string of the molecule is CN(N=Cc1ccc(Cl)cc1Cl)c1nc(N2CCCCC2)nc(N2CCCCC2)n1. The first-order chi connectivity index (χ1) is 14.6. The average molecular weight is 448 g/mol. The second kappa shape index (κ2) is 9.79. The van der Waals surface area contributed by atoms with Gasteiger partial charge in [0.1, 0.15) is 0 Å². The Hall–Kier alpha value is -2.12. The van der Waals surface area contributed by atoms with Crippen molar-refractivity contribution < 1.29 is 0 Å². The maximum Gasteiger partial charge on any atom is 0.252 e. The lowest BCUT2D eigenvalue weighted by molar-refractivity contribution is 0.555. The highest BCUT2D eigenvalue weighted by atomic mass is 35.5. The van der Waals surface area contributed by atoms with Crippen LogP contribution in [0.2, 0.25) is 10.0 Å². The van der Waals surface area contributed by atoms with E-state index >= 15 is 0 Å². The minimum Gasteiger partial charge on any atom is -0.341 e. The lowest BCUT2D eigenvalue weighted by Gasteiger charge is -2.30. The Labute approximate surface area is 187 Å². The number of aromatic nitrogens is 3. The average Bonchev–Trinajstić information content (AvgIpc) is 2.79. The zero-order valence-electron chi connectivity index (χ0n) is 17.3. The molecule has 7 nitrogen and oxygen atoms in total. The standard InChI is InChI=1S/C21H27Cl2N7/c1-28(24-15-16-8-9-17(22)14-18(16)23)19-25-20(29-10-4-2-5-11-29)27-21(26-19)30-12-6-3-7-13-30/h8-9,14-15H,2-7,10-13H2,1H3. The first kappa shape index (κ1) is 21.1. The summed E-state index contributed by atoms with van der Waals surface area (Å²) in [6, 6.07) is 5.34. The van der Waals surface area contributed by atoms with E-state index in [4.69, 9.17) is 38.2 Å². The molecule has 1 aromatic carbocycles. The molecule has 2 aliphatic rings. The molecule has 1 aromatic heterocycles. The summed E-state index contributed by atoms with van der Waals surface area (Å²) in [4.78, 5) is 18.8. The summed E-state index contributed by atoms with van der Waals surface area (Å²) >= 11 is 12.2. The van der Waals surface area contributed by atoms with E-state index in [1.807, 2.05) is 13.1 Å². The number of rotatable bonds is 5. The fourth-order valence-electron chi connectivity index (χ4n) is 3.77. The molecule has 0 radical (unpaired) electrons. The summed E-state index contributed by atoms with van der Waals surface area (Å²) in [5, 5.41) is 7.34. The van der Waals surface area contributed by atoms with Gasteiger partial charge in [-0.1, -0.05) is 29.3 Å². The molecule has 30 heavy (non-hydrogen) atoms.